The van der Waals surface area contributed by atoms with Crippen molar-refractivity contribution in [2.45, 2.75) is 20.3 Å². The first-order chi connectivity index (χ1) is 9.05. The first-order valence-electron chi connectivity index (χ1n) is 5.76. The Morgan fingerprint density at radius 2 is 2.05 bits per heavy atom. The molecule has 0 saturated heterocycles. The lowest BCUT2D eigenvalue weighted by molar-refractivity contribution is 0.103. The Morgan fingerprint density at radius 1 is 1.32 bits per heavy atom. The van der Waals surface area contributed by atoms with E-state index in [2.05, 4.69) is 20.6 Å². The number of nitrogens with one attached hydrogen (secondary N) is 2. The van der Waals surface area contributed by atoms with E-state index in [0.29, 0.717) is 15.1 Å². The number of anilines is 3. The van der Waals surface area contributed by atoms with Gasteiger partial charge in [0, 0.05) is 11.9 Å². The molecule has 2 heterocycles. The molecule has 0 fully saturated rings. The lowest BCUT2D eigenvalue weighted by Gasteiger charge is -1.98. The summed E-state index contributed by atoms with van der Waals surface area (Å²) in [4.78, 5) is 22.0. The second kappa shape index (κ2) is 5.54. The SMILES string of the molecule is CCc1nc(NC(=O)c2sc(NC)nc2N)sc1C. The molecule has 0 unspecified atom stereocenters. The molecule has 0 atom stereocenters. The first-order valence-corrected chi connectivity index (χ1v) is 7.40. The summed E-state index contributed by atoms with van der Waals surface area (Å²) in [6.07, 6.45) is 0.852. The molecule has 0 aromatic carbocycles. The van der Waals surface area contributed by atoms with Gasteiger partial charge in [-0.2, -0.15) is 0 Å². The minimum Gasteiger partial charge on any atom is -0.382 e. The van der Waals surface area contributed by atoms with Gasteiger partial charge in [0.05, 0.1) is 5.69 Å². The monoisotopic (exact) mass is 297 g/mol. The number of carbonyl (C=O) groups excluding carboxylic acids is 1. The molecular formula is C11H15N5OS2. The van der Waals surface area contributed by atoms with E-state index < -0.39 is 0 Å². The molecule has 0 saturated carbocycles. The highest BCUT2D eigenvalue weighted by Gasteiger charge is 2.17. The summed E-state index contributed by atoms with van der Waals surface area (Å²) < 4.78 is 0. The highest BCUT2D eigenvalue weighted by molar-refractivity contribution is 7.18. The van der Waals surface area contributed by atoms with E-state index in [4.69, 9.17) is 5.73 Å². The average molecular weight is 297 g/mol. The zero-order valence-corrected chi connectivity index (χ0v) is 12.5. The van der Waals surface area contributed by atoms with Gasteiger partial charge in [-0.25, -0.2) is 9.97 Å². The fourth-order valence-electron chi connectivity index (χ4n) is 1.56. The number of thiazole rings is 2. The van der Waals surface area contributed by atoms with Crippen LogP contribution in [0.15, 0.2) is 0 Å². The van der Waals surface area contributed by atoms with Crippen LogP contribution in [0.1, 0.15) is 27.2 Å². The standard InChI is InChI=1S/C11H15N5OS2/c1-4-6-5(2)18-11(14-6)16-9(17)7-8(12)15-10(13-3)19-7/h4,12H2,1-3H3,(H,13,15)(H,14,16,17). The molecular weight excluding hydrogens is 282 g/mol. The molecule has 102 valence electrons. The molecule has 2 aromatic rings. The number of hydrogen-bond acceptors (Lipinski definition) is 7. The Kier molecular flexibility index (Phi) is 4.01. The highest BCUT2D eigenvalue weighted by Crippen LogP contribution is 2.27. The summed E-state index contributed by atoms with van der Waals surface area (Å²) in [6.45, 7) is 4.03. The molecule has 6 nitrogen and oxygen atoms in total. The molecule has 0 aliphatic carbocycles. The third-order valence-electron chi connectivity index (χ3n) is 2.52. The third-order valence-corrected chi connectivity index (χ3v) is 4.54. The summed E-state index contributed by atoms with van der Waals surface area (Å²) in [7, 11) is 1.73. The molecule has 0 radical (unpaired) electrons. The number of nitrogens with two attached hydrogens (primary N) is 1. The average Bonchev–Trinajstić information content (AvgIpc) is 2.92. The van der Waals surface area contributed by atoms with Crippen molar-refractivity contribution in [3.63, 3.8) is 0 Å². The predicted octanol–water partition coefficient (Wildman–Crippen LogP) is 2.35. The lowest BCUT2D eigenvalue weighted by atomic mass is 10.3. The van der Waals surface area contributed by atoms with Crippen LogP contribution in [-0.2, 0) is 6.42 Å². The van der Waals surface area contributed by atoms with Crippen LogP contribution in [0.25, 0.3) is 0 Å². The Labute approximate surface area is 119 Å². The van der Waals surface area contributed by atoms with Gasteiger partial charge in [-0.15, -0.1) is 11.3 Å². The summed E-state index contributed by atoms with van der Waals surface area (Å²) in [5, 5.41) is 6.84. The number of amides is 1. The number of aromatic nitrogens is 2. The Hall–Kier alpha value is -1.67. The molecule has 19 heavy (non-hydrogen) atoms. The van der Waals surface area contributed by atoms with Crippen LogP contribution in [0.5, 0.6) is 0 Å². The van der Waals surface area contributed by atoms with E-state index in [9.17, 15) is 4.79 Å². The molecule has 0 aliphatic rings. The van der Waals surface area contributed by atoms with Crippen LogP contribution in [0.3, 0.4) is 0 Å². The van der Waals surface area contributed by atoms with Crippen molar-refractivity contribution < 1.29 is 4.79 Å². The van der Waals surface area contributed by atoms with Crippen molar-refractivity contribution in [3.05, 3.63) is 15.4 Å². The Morgan fingerprint density at radius 3 is 2.58 bits per heavy atom. The number of nitrogens with zero attached hydrogens (tertiary/aromatic N) is 2. The van der Waals surface area contributed by atoms with Gasteiger partial charge < -0.3 is 11.1 Å². The van der Waals surface area contributed by atoms with Crippen LogP contribution >= 0.6 is 22.7 Å². The van der Waals surface area contributed by atoms with E-state index in [0.717, 1.165) is 17.0 Å². The van der Waals surface area contributed by atoms with Crippen LogP contribution in [-0.4, -0.2) is 22.9 Å². The quantitative estimate of drug-likeness (QED) is 0.805. The summed E-state index contributed by atoms with van der Waals surface area (Å²) in [5.74, 6) is -0.0382. The van der Waals surface area contributed by atoms with E-state index in [1.54, 1.807) is 7.05 Å². The predicted molar refractivity (Wildman–Crippen MR) is 80.3 cm³/mol. The van der Waals surface area contributed by atoms with E-state index in [1.807, 2.05) is 13.8 Å². The topological polar surface area (TPSA) is 92.9 Å². The maximum atomic E-state index is 12.1. The van der Waals surface area contributed by atoms with Gasteiger partial charge in [-0.1, -0.05) is 18.3 Å². The normalized spacial score (nSPS) is 10.5. The van der Waals surface area contributed by atoms with Crippen molar-refractivity contribution in [2.24, 2.45) is 0 Å². The number of aryl methyl sites for hydroxylation is 2. The summed E-state index contributed by atoms with van der Waals surface area (Å²) in [5.41, 5.74) is 6.72. The maximum absolute atomic E-state index is 12.1. The molecule has 2 rings (SSSR count). The molecule has 8 heteroatoms. The van der Waals surface area contributed by atoms with Crippen LogP contribution in [0.2, 0.25) is 0 Å². The number of nitrogen functional groups attached to an aromatic ring is 1. The van der Waals surface area contributed by atoms with Gasteiger partial charge in [-0.3, -0.25) is 10.1 Å². The number of hydrogen-bond donors (Lipinski definition) is 3. The largest absolute Gasteiger partial charge is 0.382 e. The fraction of sp³-hybridized carbons (Fsp3) is 0.364. The molecule has 4 N–H and O–H groups in total. The highest BCUT2D eigenvalue weighted by atomic mass is 32.1. The molecule has 2 aromatic heterocycles. The van der Waals surface area contributed by atoms with Gasteiger partial charge in [0.2, 0.25) is 0 Å². The van der Waals surface area contributed by atoms with Gasteiger partial charge in [0.1, 0.15) is 10.7 Å². The lowest BCUT2D eigenvalue weighted by Crippen LogP contribution is -2.12. The second-order valence-electron chi connectivity index (χ2n) is 3.81. The number of carbonyl (C=O) groups is 1. The smallest absolute Gasteiger partial charge is 0.271 e. The minimum absolute atomic E-state index is 0.232. The Balaban J connectivity index is 2.17. The van der Waals surface area contributed by atoms with Gasteiger partial charge in [0.15, 0.2) is 10.3 Å². The zero-order chi connectivity index (χ0) is 14.0. The van der Waals surface area contributed by atoms with Crippen LogP contribution < -0.4 is 16.4 Å². The van der Waals surface area contributed by atoms with Gasteiger partial charge >= 0.3 is 0 Å². The molecule has 0 spiro atoms. The van der Waals surface area contributed by atoms with Crippen LogP contribution in [0.4, 0.5) is 16.1 Å². The second-order valence-corrected chi connectivity index (χ2v) is 6.02. The number of rotatable bonds is 4. The van der Waals surface area contributed by atoms with Crippen molar-refractivity contribution in [2.75, 3.05) is 23.4 Å². The van der Waals surface area contributed by atoms with Crippen molar-refractivity contribution >= 4 is 44.7 Å². The molecule has 0 bridgehead atoms. The van der Waals surface area contributed by atoms with Gasteiger partial charge in [-0.05, 0) is 13.3 Å². The van der Waals surface area contributed by atoms with E-state index in [-0.39, 0.29) is 11.7 Å². The van der Waals surface area contributed by atoms with Crippen LogP contribution in [0, 0.1) is 6.92 Å². The third kappa shape index (κ3) is 2.85. The fourth-order valence-corrected chi connectivity index (χ4v) is 3.20. The van der Waals surface area contributed by atoms with E-state index >= 15 is 0 Å². The van der Waals surface area contributed by atoms with Crippen molar-refractivity contribution in [3.8, 4) is 0 Å². The first kappa shape index (κ1) is 13.8. The van der Waals surface area contributed by atoms with Gasteiger partial charge in [0.25, 0.3) is 5.91 Å². The Bertz CT molecular complexity index is 604. The summed E-state index contributed by atoms with van der Waals surface area (Å²) in [6, 6.07) is 0. The molecule has 1 amide bonds. The minimum atomic E-state index is -0.270. The maximum Gasteiger partial charge on any atom is 0.271 e. The van der Waals surface area contributed by atoms with Crippen molar-refractivity contribution in [1.29, 1.82) is 0 Å². The summed E-state index contributed by atoms with van der Waals surface area (Å²) >= 11 is 2.69. The zero-order valence-electron chi connectivity index (χ0n) is 10.9. The van der Waals surface area contributed by atoms with Crippen molar-refractivity contribution in [1.82, 2.24) is 9.97 Å². The van der Waals surface area contributed by atoms with E-state index in [1.165, 1.54) is 22.7 Å². The molecule has 0 aliphatic heterocycles.